The Bertz CT molecular complexity index is 1670. The first-order valence-electron chi connectivity index (χ1n) is 15.1. The van der Waals surface area contributed by atoms with Gasteiger partial charge < -0.3 is 19.4 Å². The van der Waals surface area contributed by atoms with Gasteiger partial charge in [0.1, 0.15) is 17.9 Å². The van der Waals surface area contributed by atoms with Gasteiger partial charge in [0.15, 0.2) is 11.6 Å². The summed E-state index contributed by atoms with van der Waals surface area (Å²) in [4.78, 5) is 27.4. The lowest BCUT2D eigenvalue weighted by atomic mass is 9.93. The molecular formula is C33H34F2N6O2. The number of aromatic nitrogens is 2. The van der Waals surface area contributed by atoms with Crippen LogP contribution in [0.4, 0.5) is 14.6 Å². The molecule has 1 amide bonds. The number of fused-ring (bicyclic) bond motifs is 4. The molecule has 10 heteroatoms. The summed E-state index contributed by atoms with van der Waals surface area (Å²) in [5, 5.41) is 9.99. The third kappa shape index (κ3) is 4.89. The number of halogens is 2. The lowest BCUT2D eigenvalue weighted by Gasteiger charge is -2.41. The highest BCUT2D eigenvalue weighted by Crippen LogP contribution is 2.58. The van der Waals surface area contributed by atoms with E-state index in [1.807, 2.05) is 29.2 Å². The fraction of sp³-hybridized carbons (Fsp3) is 0.455. The van der Waals surface area contributed by atoms with Crippen molar-refractivity contribution in [3.05, 3.63) is 59.7 Å². The van der Waals surface area contributed by atoms with Crippen molar-refractivity contribution < 1.29 is 18.3 Å². The fourth-order valence-corrected chi connectivity index (χ4v) is 7.32. The monoisotopic (exact) mass is 584 g/mol. The van der Waals surface area contributed by atoms with E-state index in [0.717, 1.165) is 37.8 Å². The maximum Gasteiger partial charge on any atom is 0.319 e. The fourth-order valence-electron chi connectivity index (χ4n) is 7.32. The summed E-state index contributed by atoms with van der Waals surface area (Å²) >= 11 is 0. The van der Waals surface area contributed by atoms with Crippen LogP contribution in [-0.4, -0.2) is 77.6 Å². The van der Waals surface area contributed by atoms with Crippen LogP contribution >= 0.6 is 0 Å². The minimum absolute atomic E-state index is 0.00962. The zero-order valence-corrected chi connectivity index (χ0v) is 24.2. The number of amides is 1. The number of benzene rings is 2. The Morgan fingerprint density at radius 2 is 2.02 bits per heavy atom. The van der Waals surface area contributed by atoms with E-state index < -0.39 is 23.6 Å². The number of likely N-dealkylation sites (N-methyl/N-ethyl adjacent to an activating group) is 1. The number of anilines is 1. The normalized spacial score (nSPS) is 24.5. The highest BCUT2D eigenvalue weighted by molar-refractivity contribution is 5.95. The first kappa shape index (κ1) is 27.7. The number of carbonyl (C=O) groups excluding carboxylic acids is 1. The van der Waals surface area contributed by atoms with E-state index in [9.17, 15) is 14.4 Å². The second kappa shape index (κ2) is 10.9. The molecular weight excluding hydrogens is 550 g/mol. The Morgan fingerprint density at radius 3 is 2.79 bits per heavy atom. The molecule has 2 saturated heterocycles. The van der Waals surface area contributed by atoms with Gasteiger partial charge in [0, 0.05) is 36.6 Å². The highest BCUT2D eigenvalue weighted by Gasteiger charge is 2.46. The van der Waals surface area contributed by atoms with Crippen molar-refractivity contribution in [3.8, 4) is 23.2 Å². The smallest absolute Gasteiger partial charge is 0.319 e. The van der Waals surface area contributed by atoms with Gasteiger partial charge in [-0.2, -0.15) is 15.2 Å². The molecule has 1 saturated carbocycles. The zero-order valence-electron chi connectivity index (χ0n) is 24.2. The van der Waals surface area contributed by atoms with Gasteiger partial charge in [-0.05, 0) is 73.9 Å². The summed E-state index contributed by atoms with van der Waals surface area (Å²) in [6, 6.07) is 11.7. The molecule has 2 unspecified atom stereocenters. The van der Waals surface area contributed by atoms with Crippen molar-refractivity contribution in [1.82, 2.24) is 19.8 Å². The number of nitriles is 1. The molecule has 3 fully saturated rings. The van der Waals surface area contributed by atoms with E-state index in [2.05, 4.69) is 35.6 Å². The Balaban J connectivity index is 1.29. The Hall–Kier alpha value is -4.10. The maximum atomic E-state index is 16.6. The summed E-state index contributed by atoms with van der Waals surface area (Å²) in [5.74, 6) is -0.653. The highest BCUT2D eigenvalue weighted by atomic mass is 19.1. The quantitative estimate of drug-likeness (QED) is 0.362. The Morgan fingerprint density at radius 1 is 1.16 bits per heavy atom. The van der Waals surface area contributed by atoms with Crippen molar-refractivity contribution in [2.75, 3.05) is 44.7 Å². The van der Waals surface area contributed by atoms with Crippen molar-refractivity contribution in [1.29, 1.82) is 5.26 Å². The maximum absolute atomic E-state index is 16.6. The Kier molecular flexibility index (Phi) is 7.01. The molecule has 222 valence electrons. The lowest BCUT2D eigenvalue weighted by Crippen LogP contribution is -2.55. The van der Waals surface area contributed by atoms with E-state index >= 15 is 4.39 Å². The van der Waals surface area contributed by atoms with Gasteiger partial charge in [-0.25, -0.2) is 8.78 Å². The zero-order chi connectivity index (χ0) is 29.8. The van der Waals surface area contributed by atoms with Gasteiger partial charge in [0.25, 0.3) is 5.91 Å². The predicted molar refractivity (Wildman–Crippen MR) is 159 cm³/mol. The van der Waals surface area contributed by atoms with Crippen LogP contribution in [0.25, 0.3) is 22.0 Å². The largest absolute Gasteiger partial charge is 0.462 e. The van der Waals surface area contributed by atoms with Crippen LogP contribution in [0.15, 0.2) is 42.7 Å². The summed E-state index contributed by atoms with van der Waals surface area (Å²) in [5.41, 5.74) is 4.17. The van der Waals surface area contributed by atoms with E-state index in [-0.39, 0.29) is 37.1 Å². The van der Waals surface area contributed by atoms with Crippen LogP contribution in [0.1, 0.15) is 42.7 Å². The third-order valence-electron chi connectivity index (χ3n) is 9.71. The molecule has 4 aliphatic rings. The van der Waals surface area contributed by atoms with E-state index in [0.29, 0.717) is 41.8 Å². The minimum Gasteiger partial charge on any atom is -0.462 e. The Labute approximate surface area is 249 Å². The number of hydrogen-bond acceptors (Lipinski definition) is 7. The van der Waals surface area contributed by atoms with Crippen LogP contribution in [0.3, 0.4) is 0 Å². The molecule has 3 heterocycles. The van der Waals surface area contributed by atoms with Gasteiger partial charge in [-0.3, -0.25) is 4.79 Å². The van der Waals surface area contributed by atoms with Crippen LogP contribution in [0.2, 0.25) is 0 Å². The predicted octanol–water partition coefficient (Wildman–Crippen LogP) is 4.98. The van der Waals surface area contributed by atoms with Gasteiger partial charge in [0.2, 0.25) is 0 Å². The molecule has 43 heavy (non-hydrogen) atoms. The van der Waals surface area contributed by atoms with Gasteiger partial charge in [0.05, 0.1) is 18.5 Å². The molecule has 0 bridgehead atoms. The molecule has 1 aromatic heterocycles. The molecule has 4 atom stereocenters. The van der Waals surface area contributed by atoms with Crippen LogP contribution in [0, 0.1) is 23.1 Å². The van der Waals surface area contributed by atoms with Gasteiger partial charge >= 0.3 is 6.01 Å². The first-order chi connectivity index (χ1) is 20.8. The van der Waals surface area contributed by atoms with Crippen LogP contribution in [0.5, 0.6) is 6.01 Å². The topological polar surface area (TPSA) is 85.6 Å². The van der Waals surface area contributed by atoms with E-state index in [4.69, 9.17) is 9.72 Å². The first-order valence-corrected chi connectivity index (χ1v) is 15.1. The molecule has 2 aliphatic heterocycles. The number of likely N-dealkylation sites (tertiary alicyclic amines) is 1. The van der Waals surface area contributed by atoms with Crippen molar-refractivity contribution in [2.45, 2.75) is 50.1 Å². The molecule has 2 aliphatic carbocycles. The third-order valence-corrected chi connectivity index (χ3v) is 9.71. The number of carbonyl (C=O) groups is 1. The van der Waals surface area contributed by atoms with Crippen LogP contribution < -0.4 is 9.64 Å². The number of rotatable bonds is 7. The van der Waals surface area contributed by atoms with E-state index in [1.165, 1.54) is 16.0 Å². The molecule has 2 aromatic carbocycles. The van der Waals surface area contributed by atoms with Crippen molar-refractivity contribution in [3.63, 3.8) is 0 Å². The van der Waals surface area contributed by atoms with E-state index in [1.54, 1.807) is 0 Å². The lowest BCUT2D eigenvalue weighted by molar-refractivity contribution is -0.131. The average Bonchev–Trinajstić information content (AvgIpc) is 3.48. The molecule has 3 aromatic rings. The number of ether oxygens (including phenoxy) is 1. The summed E-state index contributed by atoms with van der Waals surface area (Å²) in [6.45, 7) is 5.24. The molecule has 0 N–H and O–H groups in total. The summed E-state index contributed by atoms with van der Waals surface area (Å²) < 4.78 is 36.5. The molecule has 0 radical (unpaired) electrons. The summed E-state index contributed by atoms with van der Waals surface area (Å²) in [6.07, 6.45) is 4.31. The van der Waals surface area contributed by atoms with Gasteiger partial charge in [-0.15, -0.1) is 0 Å². The second-order valence-electron chi connectivity index (χ2n) is 12.3. The summed E-state index contributed by atoms with van der Waals surface area (Å²) in [7, 11) is 2.06. The minimum atomic E-state index is -1.06. The molecule has 7 rings (SSSR count). The molecule has 8 nitrogen and oxygen atoms in total. The molecule has 0 spiro atoms. The van der Waals surface area contributed by atoms with Crippen molar-refractivity contribution in [2.24, 2.45) is 5.92 Å². The van der Waals surface area contributed by atoms with Crippen molar-refractivity contribution >= 4 is 22.6 Å². The SMILES string of the molecule is C=C(F)C(=O)N1CCN(c2nc(OC[C@@H]3CCCN3C)nc3c(F)c(-c4cccc5c4C4CC4C5)ccc23)C[C@@H]1CC#N. The number of piperazine rings is 1. The van der Waals surface area contributed by atoms with Crippen LogP contribution in [-0.2, 0) is 11.2 Å². The van der Waals surface area contributed by atoms with Gasteiger partial charge in [-0.1, -0.05) is 30.8 Å². The number of nitrogens with zero attached hydrogens (tertiary/aromatic N) is 6. The average molecular weight is 585 g/mol. The standard InChI is InChI=1S/C33H34F2N6O2/c1-19(34)32(42)41-14-13-40(17-22(41)10-11-36)31-26-9-8-25(24-7-3-5-20-15-21-16-27(21)28(20)24)29(35)30(26)37-33(38-31)43-18-23-6-4-12-39(23)2/h3,5,7-9,21-23,27H,1,4,6,10,12-18H2,2H3/t21?,22-,23-,27?/m0/s1. The second-order valence-corrected chi connectivity index (χ2v) is 12.3. The number of hydrogen-bond donors (Lipinski definition) is 0.